The average Bonchev–Trinajstić information content (AvgIpc) is 2.65. The highest BCUT2D eigenvalue weighted by Crippen LogP contribution is 2.25. The van der Waals surface area contributed by atoms with Crippen molar-refractivity contribution in [2.45, 2.75) is 47.5 Å². The molecule has 0 spiro atoms. The minimum absolute atomic E-state index is 0.116. The van der Waals surface area contributed by atoms with Gasteiger partial charge in [-0.25, -0.2) is 4.79 Å². The van der Waals surface area contributed by atoms with Gasteiger partial charge in [0.05, 0.1) is 0 Å². The Morgan fingerprint density at radius 3 is 2.32 bits per heavy atom. The lowest BCUT2D eigenvalue weighted by Crippen LogP contribution is -2.42. The molecule has 1 saturated heterocycles. The zero-order valence-corrected chi connectivity index (χ0v) is 14.4. The molecule has 6 nitrogen and oxygen atoms in total. The van der Waals surface area contributed by atoms with E-state index in [1.165, 1.54) is 4.90 Å². The molecule has 1 atom stereocenters. The van der Waals surface area contributed by atoms with E-state index in [2.05, 4.69) is 31.4 Å². The van der Waals surface area contributed by atoms with Crippen LogP contribution in [0.5, 0.6) is 0 Å². The van der Waals surface area contributed by atoms with E-state index < -0.39 is 0 Å². The van der Waals surface area contributed by atoms with E-state index in [1.54, 1.807) is 0 Å². The molecule has 1 fully saturated rings. The summed E-state index contributed by atoms with van der Waals surface area (Å²) in [5.74, 6) is -0.309. The third kappa shape index (κ3) is 5.66. The van der Waals surface area contributed by atoms with Crippen LogP contribution in [0.15, 0.2) is 0 Å². The van der Waals surface area contributed by atoms with Gasteiger partial charge in [-0.05, 0) is 17.8 Å². The number of urea groups is 1. The second-order valence-electron chi connectivity index (χ2n) is 7.43. The van der Waals surface area contributed by atoms with Crippen LogP contribution in [-0.4, -0.2) is 42.4 Å². The van der Waals surface area contributed by atoms with Gasteiger partial charge in [-0.2, -0.15) is 0 Å². The van der Waals surface area contributed by atoms with Crippen molar-refractivity contribution in [2.24, 2.45) is 17.3 Å². The number of nitrogens with zero attached hydrogens (tertiary/aromatic N) is 1. The lowest BCUT2D eigenvalue weighted by molar-refractivity contribution is -0.139. The van der Waals surface area contributed by atoms with Crippen LogP contribution in [0.25, 0.3) is 0 Å². The number of nitrogens with one attached hydrogen (secondary N) is 2. The molecule has 0 saturated carbocycles. The van der Waals surface area contributed by atoms with Crippen molar-refractivity contribution in [1.29, 1.82) is 0 Å². The van der Waals surface area contributed by atoms with Gasteiger partial charge in [0.1, 0.15) is 0 Å². The summed E-state index contributed by atoms with van der Waals surface area (Å²) in [6.45, 7) is 11.4. The summed E-state index contributed by atoms with van der Waals surface area (Å²) in [5, 5.41) is 5.46. The second-order valence-corrected chi connectivity index (χ2v) is 7.43. The van der Waals surface area contributed by atoms with Crippen molar-refractivity contribution in [3.63, 3.8) is 0 Å². The Balaban J connectivity index is 2.28. The molecule has 6 heteroatoms. The number of carbonyl (C=O) groups excluding carboxylic acids is 3. The van der Waals surface area contributed by atoms with Crippen molar-refractivity contribution in [1.82, 2.24) is 15.5 Å². The number of likely N-dealkylation sites (tertiary alicyclic amines) is 1. The van der Waals surface area contributed by atoms with E-state index in [9.17, 15) is 14.4 Å². The van der Waals surface area contributed by atoms with Crippen molar-refractivity contribution in [3.05, 3.63) is 0 Å². The highest BCUT2D eigenvalue weighted by Gasteiger charge is 2.39. The first-order valence-corrected chi connectivity index (χ1v) is 7.97. The summed E-state index contributed by atoms with van der Waals surface area (Å²) in [5.41, 5.74) is 0.174. The first-order valence-electron chi connectivity index (χ1n) is 7.97. The molecular formula is C16H29N3O3. The fourth-order valence-electron chi connectivity index (χ4n) is 2.36. The van der Waals surface area contributed by atoms with Crippen molar-refractivity contribution < 1.29 is 14.4 Å². The second kappa shape index (κ2) is 7.61. The minimum atomic E-state index is -0.260. The molecule has 0 radical (unpaired) electrons. The SMILES string of the molecule is CC(C)C1CC(=O)N(CCNC(=O)NCCC(C)(C)C)C1=O. The van der Waals surface area contributed by atoms with Crippen LogP contribution in [0.3, 0.4) is 0 Å². The van der Waals surface area contributed by atoms with Crippen molar-refractivity contribution in [3.8, 4) is 0 Å². The highest BCUT2D eigenvalue weighted by atomic mass is 16.2. The van der Waals surface area contributed by atoms with Gasteiger partial charge in [0.15, 0.2) is 0 Å². The molecule has 4 amide bonds. The van der Waals surface area contributed by atoms with Gasteiger partial charge < -0.3 is 10.6 Å². The number of carbonyl (C=O) groups is 3. The Morgan fingerprint density at radius 2 is 1.82 bits per heavy atom. The molecule has 1 heterocycles. The summed E-state index contributed by atoms with van der Waals surface area (Å²) in [4.78, 5) is 36.8. The van der Waals surface area contributed by atoms with E-state index in [1.807, 2.05) is 13.8 Å². The first kappa shape index (κ1) is 18.5. The minimum Gasteiger partial charge on any atom is -0.338 e. The van der Waals surface area contributed by atoms with E-state index in [-0.39, 0.29) is 54.6 Å². The number of hydrogen-bond donors (Lipinski definition) is 2. The monoisotopic (exact) mass is 311 g/mol. The molecule has 1 rings (SSSR count). The van der Waals surface area contributed by atoms with Gasteiger partial charge in [0.25, 0.3) is 0 Å². The summed E-state index contributed by atoms with van der Waals surface area (Å²) in [7, 11) is 0. The fraction of sp³-hybridized carbons (Fsp3) is 0.812. The molecule has 0 aliphatic carbocycles. The predicted octanol–water partition coefficient (Wildman–Crippen LogP) is 1.75. The molecule has 0 aromatic carbocycles. The van der Waals surface area contributed by atoms with Crippen LogP contribution in [0, 0.1) is 17.3 Å². The van der Waals surface area contributed by atoms with Crippen LogP contribution in [0.2, 0.25) is 0 Å². The molecule has 1 aliphatic rings. The fourth-order valence-corrected chi connectivity index (χ4v) is 2.36. The number of amides is 4. The van der Waals surface area contributed by atoms with Crippen molar-refractivity contribution in [2.75, 3.05) is 19.6 Å². The first-order chi connectivity index (χ1) is 10.1. The normalized spacial score (nSPS) is 19.0. The van der Waals surface area contributed by atoms with Gasteiger partial charge >= 0.3 is 6.03 Å². The van der Waals surface area contributed by atoms with Gasteiger partial charge in [-0.3, -0.25) is 14.5 Å². The van der Waals surface area contributed by atoms with E-state index in [0.29, 0.717) is 6.54 Å². The third-order valence-electron chi connectivity index (χ3n) is 3.87. The Labute approximate surface area is 133 Å². The summed E-state index contributed by atoms with van der Waals surface area (Å²) in [6, 6.07) is -0.260. The molecule has 1 aliphatic heterocycles. The summed E-state index contributed by atoms with van der Waals surface area (Å²) >= 11 is 0. The molecule has 0 aromatic heterocycles. The smallest absolute Gasteiger partial charge is 0.314 e. The highest BCUT2D eigenvalue weighted by molar-refractivity contribution is 6.03. The Kier molecular flexibility index (Phi) is 6.38. The number of rotatable bonds is 6. The topological polar surface area (TPSA) is 78.5 Å². The van der Waals surface area contributed by atoms with Crippen molar-refractivity contribution >= 4 is 17.8 Å². The van der Waals surface area contributed by atoms with Gasteiger partial charge in [-0.15, -0.1) is 0 Å². The Bertz CT molecular complexity index is 427. The molecule has 126 valence electrons. The number of imide groups is 1. The Morgan fingerprint density at radius 1 is 1.23 bits per heavy atom. The maximum absolute atomic E-state index is 12.1. The van der Waals surface area contributed by atoms with Crippen LogP contribution in [0.1, 0.15) is 47.5 Å². The zero-order chi connectivity index (χ0) is 16.9. The molecule has 22 heavy (non-hydrogen) atoms. The van der Waals surface area contributed by atoms with Crippen LogP contribution >= 0.6 is 0 Å². The third-order valence-corrected chi connectivity index (χ3v) is 3.87. The van der Waals surface area contributed by atoms with Gasteiger partial charge in [0, 0.05) is 32.0 Å². The molecule has 1 unspecified atom stereocenters. The zero-order valence-electron chi connectivity index (χ0n) is 14.4. The lowest BCUT2D eigenvalue weighted by atomic mass is 9.92. The predicted molar refractivity (Wildman–Crippen MR) is 85.1 cm³/mol. The standard InChI is InChI=1S/C16H29N3O3/c1-11(2)12-10-13(20)19(14(12)21)9-8-18-15(22)17-7-6-16(3,4)5/h11-12H,6-10H2,1-5H3,(H2,17,18,22). The maximum Gasteiger partial charge on any atom is 0.314 e. The lowest BCUT2D eigenvalue weighted by Gasteiger charge is -2.19. The number of hydrogen-bond acceptors (Lipinski definition) is 3. The van der Waals surface area contributed by atoms with E-state index in [4.69, 9.17) is 0 Å². The van der Waals surface area contributed by atoms with Crippen LogP contribution in [0.4, 0.5) is 4.79 Å². The van der Waals surface area contributed by atoms with Crippen LogP contribution in [-0.2, 0) is 9.59 Å². The van der Waals surface area contributed by atoms with E-state index >= 15 is 0 Å². The molecule has 0 aromatic rings. The largest absolute Gasteiger partial charge is 0.338 e. The Hall–Kier alpha value is -1.59. The average molecular weight is 311 g/mol. The maximum atomic E-state index is 12.1. The van der Waals surface area contributed by atoms with Crippen LogP contribution < -0.4 is 10.6 Å². The molecule has 2 N–H and O–H groups in total. The molecular weight excluding hydrogens is 282 g/mol. The summed E-state index contributed by atoms with van der Waals surface area (Å²) in [6.07, 6.45) is 1.17. The van der Waals surface area contributed by atoms with Gasteiger partial charge in [-0.1, -0.05) is 34.6 Å². The van der Waals surface area contributed by atoms with Gasteiger partial charge in [0.2, 0.25) is 11.8 Å². The van der Waals surface area contributed by atoms with E-state index in [0.717, 1.165) is 6.42 Å². The quantitative estimate of drug-likeness (QED) is 0.734. The molecule has 0 bridgehead atoms. The summed E-state index contributed by atoms with van der Waals surface area (Å²) < 4.78 is 0.